The lowest BCUT2D eigenvalue weighted by Gasteiger charge is -2.42. The Balaban J connectivity index is 1.85. The fourth-order valence-electron chi connectivity index (χ4n) is 3.83. The first-order chi connectivity index (χ1) is 12.1. The molecule has 0 bridgehead atoms. The number of primary amides is 1. The molecule has 0 spiro atoms. The van der Waals surface area contributed by atoms with Crippen molar-refractivity contribution in [2.24, 2.45) is 5.73 Å². The van der Waals surface area contributed by atoms with Crippen molar-refractivity contribution in [3.63, 3.8) is 0 Å². The Kier molecular flexibility index (Phi) is 4.60. The maximum absolute atomic E-state index is 11.2. The topological polar surface area (TPSA) is 52.3 Å². The fourth-order valence-corrected chi connectivity index (χ4v) is 3.83. The molecule has 2 aromatic rings. The van der Waals surface area contributed by atoms with Crippen molar-refractivity contribution in [1.82, 2.24) is 0 Å². The zero-order valence-electron chi connectivity index (χ0n) is 16.4. The fraction of sp³-hybridized carbons (Fsp3) is 0.435. The van der Waals surface area contributed by atoms with Crippen molar-refractivity contribution in [3.8, 4) is 5.75 Å². The molecule has 0 saturated carbocycles. The van der Waals surface area contributed by atoms with Gasteiger partial charge in [-0.25, -0.2) is 0 Å². The average Bonchev–Trinajstić information content (AvgIpc) is 2.59. The minimum absolute atomic E-state index is 0.102. The lowest BCUT2D eigenvalue weighted by atomic mass is 9.63. The number of carbonyl (C=O) groups excluding carboxylic acids is 1. The molecular formula is C23H29NO2. The highest BCUT2D eigenvalue weighted by Crippen LogP contribution is 2.46. The van der Waals surface area contributed by atoms with Crippen LogP contribution in [0.1, 0.15) is 80.6 Å². The van der Waals surface area contributed by atoms with Gasteiger partial charge in [-0.2, -0.15) is 0 Å². The monoisotopic (exact) mass is 351 g/mol. The second-order valence-electron chi connectivity index (χ2n) is 8.72. The third kappa shape index (κ3) is 3.48. The largest absolute Gasteiger partial charge is 0.486 e. The molecule has 0 radical (unpaired) electrons. The van der Waals surface area contributed by atoms with Gasteiger partial charge >= 0.3 is 0 Å². The second kappa shape index (κ2) is 6.46. The molecule has 1 unspecified atom stereocenters. The van der Waals surface area contributed by atoms with E-state index in [1.54, 1.807) is 12.1 Å². The SMILES string of the molecule is CC(Oc1ccc2c(c1)C(C)(C)CCC2(C)C)c1ccc(C(N)=O)cc1. The molecular weight excluding hydrogens is 322 g/mol. The summed E-state index contributed by atoms with van der Waals surface area (Å²) in [5.74, 6) is 0.477. The maximum Gasteiger partial charge on any atom is 0.248 e. The van der Waals surface area contributed by atoms with Gasteiger partial charge in [-0.15, -0.1) is 0 Å². The normalized spacial score (nSPS) is 18.7. The zero-order chi connectivity index (χ0) is 19.1. The molecule has 2 aromatic carbocycles. The Morgan fingerprint density at radius 2 is 1.54 bits per heavy atom. The van der Waals surface area contributed by atoms with E-state index in [4.69, 9.17) is 10.5 Å². The summed E-state index contributed by atoms with van der Waals surface area (Å²) in [5, 5.41) is 0. The van der Waals surface area contributed by atoms with Gasteiger partial charge in [0.25, 0.3) is 0 Å². The van der Waals surface area contributed by atoms with E-state index < -0.39 is 5.91 Å². The average molecular weight is 351 g/mol. The first-order valence-corrected chi connectivity index (χ1v) is 9.32. The molecule has 1 aliphatic carbocycles. The minimum atomic E-state index is -0.412. The summed E-state index contributed by atoms with van der Waals surface area (Å²) in [6.45, 7) is 11.3. The number of ether oxygens (including phenoxy) is 1. The molecule has 0 fully saturated rings. The number of rotatable bonds is 4. The summed E-state index contributed by atoms with van der Waals surface area (Å²) >= 11 is 0. The second-order valence-corrected chi connectivity index (χ2v) is 8.72. The van der Waals surface area contributed by atoms with Gasteiger partial charge in [-0.1, -0.05) is 45.9 Å². The Morgan fingerprint density at radius 1 is 0.962 bits per heavy atom. The highest BCUT2D eigenvalue weighted by molar-refractivity contribution is 5.92. The van der Waals surface area contributed by atoms with Crippen LogP contribution >= 0.6 is 0 Å². The molecule has 0 heterocycles. The molecule has 3 rings (SSSR count). The van der Waals surface area contributed by atoms with Crippen LogP contribution in [0.15, 0.2) is 42.5 Å². The lowest BCUT2D eigenvalue weighted by molar-refractivity contribution is 0.1000. The molecule has 3 nitrogen and oxygen atoms in total. The van der Waals surface area contributed by atoms with Crippen molar-refractivity contribution in [2.75, 3.05) is 0 Å². The third-order valence-corrected chi connectivity index (χ3v) is 5.80. The lowest BCUT2D eigenvalue weighted by Crippen LogP contribution is -2.33. The van der Waals surface area contributed by atoms with Crippen LogP contribution in [0, 0.1) is 0 Å². The molecule has 2 N–H and O–H groups in total. The summed E-state index contributed by atoms with van der Waals surface area (Å²) in [5.41, 5.74) is 10.0. The van der Waals surface area contributed by atoms with Crippen LogP contribution in [0.5, 0.6) is 5.75 Å². The number of benzene rings is 2. The van der Waals surface area contributed by atoms with E-state index in [9.17, 15) is 4.79 Å². The van der Waals surface area contributed by atoms with Crippen molar-refractivity contribution in [3.05, 3.63) is 64.7 Å². The summed E-state index contributed by atoms with van der Waals surface area (Å²) in [4.78, 5) is 11.2. The summed E-state index contributed by atoms with van der Waals surface area (Å²) in [7, 11) is 0. The Labute approximate surface area is 156 Å². The molecule has 3 heteroatoms. The quantitative estimate of drug-likeness (QED) is 0.815. The van der Waals surface area contributed by atoms with Crippen molar-refractivity contribution in [2.45, 2.75) is 64.4 Å². The van der Waals surface area contributed by atoms with Gasteiger partial charge in [0.15, 0.2) is 0 Å². The Bertz CT molecular complexity index is 819. The molecule has 138 valence electrons. The van der Waals surface area contributed by atoms with Crippen LogP contribution in [0.4, 0.5) is 0 Å². The molecule has 1 aliphatic rings. The maximum atomic E-state index is 11.2. The standard InChI is InChI=1S/C23H29NO2/c1-15(16-6-8-17(9-7-16)21(24)25)26-18-10-11-19-20(14-18)23(4,5)13-12-22(19,2)3/h6-11,14-15H,12-13H2,1-5H3,(H2,24,25). The predicted octanol–water partition coefficient (Wildman–Crippen LogP) is 5.27. The van der Waals surface area contributed by atoms with E-state index in [1.165, 1.54) is 24.0 Å². The van der Waals surface area contributed by atoms with Gasteiger partial charge in [0, 0.05) is 5.56 Å². The minimum Gasteiger partial charge on any atom is -0.486 e. The molecule has 26 heavy (non-hydrogen) atoms. The smallest absolute Gasteiger partial charge is 0.248 e. The molecule has 0 aromatic heterocycles. The van der Waals surface area contributed by atoms with Crippen LogP contribution in [-0.2, 0) is 10.8 Å². The molecule has 1 amide bonds. The Hall–Kier alpha value is -2.29. The van der Waals surface area contributed by atoms with E-state index in [1.807, 2.05) is 19.1 Å². The highest BCUT2D eigenvalue weighted by Gasteiger charge is 2.37. The van der Waals surface area contributed by atoms with Gasteiger partial charge in [0.2, 0.25) is 5.91 Å². The van der Waals surface area contributed by atoms with E-state index in [0.29, 0.717) is 5.56 Å². The summed E-state index contributed by atoms with van der Waals surface area (Å²) < 4.78 is 6.21. The number of hydrogen-bond donors (Lipinski definition) is 1. The number of carbonyl (C=O) groups is 1. The van der Waals surface area contributed by atoms with Crippen LogP contribution in [0.25, 0.3) is 0 Å². The summed E-state index contributed by atoms with van der Waals surface area (Å²) in [6.07, 6.45) is 2.28. The van der Waals surface area contributed by atoms with Crippen molar-refractivity contribution >= 4 is 5.91 Å². The van der Waals surface area contributed by atoms with E-state index in [-0.39, 0.29) is 16.9 Å². The highest BCUT2D eigenvalue weighted by atomic mass is 16.5. The zero-order valence-corrected chi connectivity index (χ0v) is 16.4. The van der Waals surface area contributed by atoms with Crippen LogP contribution in [0.2, 0.25) is 0 Å². The third-order valence-electron chi connectivity index (χ3n) is 5.80. The van der Waals surface area contributed by atoms with Gasteiger partial charge in [0.1, 0.15) is 11.9 Å². The number of hydrogen-bond acceptors (Lipinski definition) is 2. The van der Waals surface area contributed by atoms with Crippen molar-refractivity contribution in [1.29, 1.82) is 0 Å². The van der Waals surface area contributed by atoms with E-state index in [2.05, 4.69) is 45.9 Å². The van der Waals surface area contributed by atoms with E-state index >= 15 is 0 Å². The predicted molar refractivity (Wildman–Crippen MR) is 106 cm³/mol. The van der Waals surface area contributed by atoms with Gasteiger partial charge in [-0.05, 0) is 71.6 Å². The van der Waals surface area contributed by atoms with Gasteiger partial charge < -0.3 is 10.5 Å². The number of fused-ring (bicyclic) bond motifs is 1. The van der Waals surface area contributed by atoms with Crippen LogP contribution < -0.4 is 10.5 Å². The van der Waals surface area contributed by atoms with Crippen molar-refractivity contribution < 1.29 is 9.53 Å². The van der Waals surface area contributed by atoms with Crippen LogP contribution in [0.3, 0.4) is 0 Å². The first-order valence-electron chi connectivity index (χ1n) is 9.32. The molecule has 0 saturated heterocycles. The van der Waals surface area contributed by atoms with E-state index in [0.717, 1.165) is 11.3 Å². The summed E-state index contributed by atoms with van der Waals surface area (Å²) in [6, 6.07) is 13.8. The van der Waals surface area contributed by atoms with Gasteiger partial charge in [0.05, 0.1) is 0 Å². The molecule has 1 atom stereocenters. The van der Waals surface area contributed by atoms with Crippen LogP contribution in [-0.4, -0.2) is 5.91 Å². The molecule has 0 aliphatic heterocycles. The Morgan fingerprint density at radius 3 is 2.12 bits per heavy atom. The number of amides is 1. The van der Waals surface area contributed by atoms with Gasteiger partial charge in [-0.3, -0.25) is 4.79 Å². The first kappa shape index (κ1) is 18.5. The number of nitrogens with two attached hydrogens (primary N) is 1.